The summed E-state index contributed by atoms with van der Waals surface area (Å²) in [6, 6.07) is 11.6. The van der Waals surface area contributed by atoms with Crippen LogP contribution in [0.4, 0.5) is 5.69 Å². The molecule has 3 aromatic rings. The summed E-state index contributed by atoms with van der Waals surface area (Å²) < 4.78 is 13.6. The predicted octanol–water partition coefficient (Wildman–Crippen LogP) is 4.62. The van der Waals surface area contributed by atoms with Gasteiger partial charge in [-0.15, -0.1) is 0 Å². The van der Waals surface area contributed by atoms with Crippen LogP contribution >= 0.6 is 24.0 Å². The molecule has 150 valence electrons. The molecule has 0 saturated carbocycles. The number of amides is 1. The number of thiocarbonyl (C=S) groups is 1. The number of nitrogens with zero attached hydrogens (tertiary/aromatic N) is 3. The quantitative estimate of drug-likeness (QED) is 0.442. The second-order valence-corrected chi connectivity index (χ2v) is 8.60. The summed E-state index contributed by atoms with van der Waals surface area (Å²) in [5.41, 5.74) is 4.71. The van der Waals surface area contributed by atoms with Crippen LogP contribution in [0.1, 0.15) is 17.0 Å². The molecular formula is C22H17N3O3S2. The molecule has 2 aliphatic heterocycles. The molecule has 1 fully saturated rings. The molecule has 0 atom stereocenters. The van der Waals surface area contributed by atoms with E-state index in [1.165, 1.54) is 16.7 Å². The third-order valence-corrected chi connectivity index (χ3v) is 6.37. The highest BCUT2D eigenvalue weighted by Crippen LogP contribution is 2.38. The number of pyridine rings is 1. The monoisotopic (exact) mass is 435 g/mol. The van der Waals surface area contributed by atoms with Gasteiger partial charge in [-0.1, -0.05) is 24.0 Å². The fraction of sp³-hybridized carbons (Fsp3) is 0.136. The number of carbonyl (C=O) groups excluding carboxylic acids is 1. The maximum Gasteiger partial charge on any atom is 0.270 e. The van der Waals surface area contributed by atoms with Crippen molar-refractivity contribution in [2.45, 2.75) is 13.8 Å². The van der Waals surface area contributed by atoms with Crippen LogP contribution in [0.5, 0.6) is 11.5 Å². The number of aromatic nitrogens is 2. The topological polar surface area (TPSA) is 56.6 Å². The van der Waals surface area contributed by atoms with E-state index in [1.807, 2.05) is 44.2 Å². The van der Waals surface area contributed by atoms with Gasteiger partial charge in [0.2, 0.25) is 6.79 Å². The first-order valence-electron chi connectivity index (χ1n) is 9.30. The van der Waals surface area contributed by atoms with E-state index in [1.54, 1.807) is 18.5 Å². The van der Waals surface area contributed by atoms with Gasteiger partial charge in [-0.25, -0.2) is 0 Å². The minimum atomic E-state index is -0.133. The van der Waals surface area contributed by atoms with Crippen LogP contribution in [-0.2, 0) is 4.79 Å². The Morgan fingerprint density at radius 3 is 2.77 bits per heavy atom. The lowest BCUT2D eigenvalue weighted by Gasteiger charge is -2.13. The van der Waals surface area contributed by atoms with Crippen molar-refractivity contribution in [1.82, 2.24) is 9.55 Å². The fourth-order valence-electron chi connectivity index (χ4n) is 3.67. The van der Waals surface area contributed by atoms with Crippen molar-refractivity contribution in [2.75, 3.05) is 11.7 Å². The molecule has 0 spiro atoms. The fourth-order valence-corrected chi connectivity index (χ4v) is 4.96. The average molecular weight is 436 g/mol. The van der Waals surface area contributed by atoms with E-state index in [4.69, 9.17) is 21.7 Å². The number of hydrogen-bond acceptors (Lipinski definition) is 6. The molecule has 4 heterocycles. The van der Waals surface area contributed by atoms with Crippen molar-refractivity contribution in [3.8, 4) is 17.2 Å². The van der Waals surface area contributed by atoms with Gasteiger partial charge in [0, 0.05) is 29.3 Å². The molecule has 0 radical (unpaired) electrons. The van der Waals surface area contributed by atoms with Crippen molar-refractivity contribution in [3.63, 3.8) is 0 Å². The number of ether oxygens (including phenoxy) is 2. The largest absolute Gasteiger partial charge is 0.454 e. The number of aryl methyl sites for hydroxylation is 1. The lowest BCUT2D eigenvalue weighted by Crippen LogP contribution is -2.27. The zero-order chi connectivity index (χ0) is 20.8. The lowest BCUT2D eigenvalue weighted by molar-refractivity contribution is -0.113. The number of benzene rings is 1. The summed E-state index contributed by atoms with van der Waals surface area (Å²) in [7, 11) is 0. The molecule has 0 aliphatic carbocycles. The summed E-state index contributed by atoms with van der Waals surface area (Å²) in [5.74, 6) is 1.35. The van der Waals surface area contributed by atoms with Gasteiger partial charge in [0.05, 0.1) is 16.8 Å². The average Bonchev–Trinajstić information content (AvgIpc) is 3.39. The summed E-state index contributed by atoms with van der Waals surface area (Å²) in [4.78, 5) is 19.2. The van der Waals surface area contributed by atoms with Crippen LogP contribution in [0.25, 0.3) is 11.8 Å². The molecule has 30 heavy (non-hydrogen) atoms. The van der Waals surface area contributed by atoms with Gasteiger partial charge >= 0.3 is 0 Å². The number of anilines is 1. The Hall–Kier alpha value is -3.10. The maximum absolute atomic E-state index is 13.0. The molecule has 5 rings (SSSR count). The Balaban J connectivity index is 1.50. The van der Waals surface area contributed by atoms with Gasteiger partial charge in [-0.3, -0.25) is 14.7 Å². The molecule has 2 aliphatic rings. The Labute approximate surface area is 183 Å². The molecular weight excluding hydrogens is 418 g/mol. The normalized spacial score (nSPS) is 16.7. The van der Waals surface area contributed by atoms with Crippen molar-refractivity contribution in [3.05, 3.63) is 70.6 Å². The van der Waals surface area contributed by atoms with E-state index < -0.39 is 0 Å². The second kappa shape index (κ2) is 7.30. The maximum atomic E-state index is 13.0. The smallest absolute Gasteiger partial charge is 0.270 e. The van der Waals surface area contributed by atoms with E-state index in [2.05, 4.69) is 15.6 Å². The van der Waals surface area contributed by atoms with E-state index in [0.717, 1.165) is 34.1 Å². The molecule has 1 amide bonds. The lowest BCUT2D eigenvalue weighted by atomic mass is 10.2. The van der Waals surface area contributed by atoms with Crippen molar-refractivity contribution in [2.24, 2.45) is 0 Å². The van der Waals surface area contributed by atoms with Crippen LogP contribution < -0.4 is 14.4 Å². The Morgan fingerprint density at radius 2 is 1.97 bits per heavy atom. The number of hydrogen-bond donors (Lipinski definition) is 0. The van der Waals surface area contributed by atoms with E-state index in [0.29, 0.717) is 14.9 Å². The molecule has 6 nitrogen and oxygen atoms in total. The molecule has 1 aromatic carbocycles. The van der Waals surface area contributed by atoms with Crippen molar-refractivity contribution >= 4 is 46.0 Å². The number of fused-ring (bicyclic) bond motifs is 1. The molecule has 0 N–H and O–H groups in total. The van der Waals surface area contributed by atoms with Gasteiger partial charge in [-0.2, -0.15) is 0 Å². The molecule has 8 heteroatoms. The van der Waals surface area contributed by atoms with E-state index >= 15 is 0 Å². The van der Waals surface area contributed by atoms with Gasteiger partial charge in [0.1, 0.15) is 0 Å². The first-order chi connectivity index (χ1) is 14.5. The SMILES string of the molecule is Cc1cc(/C=C2\SC(=S)N(c3cccnc3)C2=O)c(C)n1-c1ccc2c(c1)OCO2. The third kappa shape index (κ3) is 3.09. The summed E-state index contributed by atoms with van der Waals surface area (Å²) >= 11 is 6.75. The summed E-state index contributed by atoms with van der Waals surface area (Å²) in [6.07, 6.45) is 5.21. The molecule has 2 aromatic heterocycles. The van der Waals surface area contributed by atoms with Crippen LogP contribution in [0, 0.1) is 13.8 Å². The van der Waals surface area contributed by atoms with Gasteiger partial charge in [0.15, 0.2) is 15.8 Å². The van der Waals surface area contributed by atoms with Crippen LogP contribution in [0.15, 0.2) is 53.7 Å². The minimum Gasteiger partial charge on any atom is -0.454 e. The number of rotatable bonds is 3. The highest BCUT2D eigenvalue weighted by Gasteiger charge is 2.33. The molecule has 0 unspecified atom stereocenters. The number of thioether (sulfide) groups is 1. The zero-order valence-electron chi connectivity index (χ0n) is 16.3. The van der Waals surface area contributed by atoms with Crippen LogP contribution in [-0.4, -0.2) is 26.6 Å². The van der Waals surface area contributed by atoms with E-state index in [9.17, 15) is 4.79 Å². The Bertz CT molecular complexity index is 1220. The summed E-state index contributed by atoms with van der Waals surface area (Å²) in [5, 5.41) is 0. The zero-order valence-corrected chi connectivity index (χ0v) is 17.9. The number of carbonyl (C=O) groups is 1. The molecule has 1 saturated heterocycles. The van der Waals surface area contributed by atoms with Gasteiger partial charge in [0.25, 0.3) is 5.91 Å². The minimum absolute atomic E-state index is 0.133. The predicted molar refractivity (Wildman–Crippen MR) is 121 cm³/mol. The van der Waals surface area contributed by atoms with Gasteiger partial charge in [-0.05, 0) is 55.8 Å². The molecule has 0 bridgehead atoms. The second-order valence-electron chi connectivity index (χ2n) is 6.93. The van der Waals surface area contributed by atoms with Gasteiger partial charge < -0.3 is 14.0 Å². The highest BCUT2D eigenvalue weighted by molar-refractivity contribution is 8.27. The third-order valence-electron chi connectivity index (χ3n) is 5.07. The first kappa shape index (κ1) is 18.9. The Morgan fingerprint density at radius 1 is 1.13 bits per heavy atom. The van der Waals surface area contributed by atoms with E-state index in [-0.39, 0.29) is 12.7 Å². The van der Waals surface area contributed by atoms with Crippen molar-refractivity contribution < 1.29 is 14.3 Å². The van der Waals surface area contributed by atoms with Crippen molar-refractivity contribution in [1.29, 1.82) is 0 Å². The van der Waals surface area contributed by atoms with Crippen LogP contribution in [0.3, 0.4) is 0 Å². The standard InChI is InChI=1S/C22H17N3O3S2/c1-13-8-15(14(2)24(13)16-5-6-18-19(10-16)28-12-27-18)9-20-21(26)25(22(29)30-20)17-4-3-7-23-11-17/h3-11H,12H2,1-2H3/b20-9-. The highest BCUT2D eigenvalue weighted by atomic mass is 32.2. The first-order valence-corrected chi connectivity index (χ1v) is 10.5. The summed E-state index contributed by atoms with van der Waals surface area (Å²) in [6.45, 7) is 4.31. The van der Waals surface area contributed by atoms with Crippen LogP contribution in [0.2, 0.25) is 0 Å². The Kier molecular flexibility index (Phi) is 4.60.